The highest BCUT2D eigenvalue weighted by Crippen LogP contribution is 2.34. The molecule has 1 N–H and O–H groups in total. The van der Waals surface area contributed by atoms with E-state index in [0.29, 0.717) is 18.4 Å². The lowest BCUT2D eigenvalue weighted by atomic mass is 10.0. The van der Waals surface area contributed by atoms with Crippen LogP contribution in [0, 0.1) is 13.8 Å². The first-order chi connectivity index (χ1) is 14.4. The highest BCUT2D eigenvalue weighted by Gasteiger charge is 2.30. The Labute approximate surface area is 175 Å². The topological polar surface area (TPSA) is 80.2 Å². The van der Waals surface area contributed by atoms with Crippen molar-refractivity contribution in [2.24, 2.45) is 7.05 Å². The Morgan fingerprint density at radius 3 is 2.90 bits per heavy atom. The molecule has 0 aliphatic carbocycles. The lowest BCUT2D eigenvalue weighted by Crippen LogP contribution is -2.31. The second-order valence-corrected chi connectivity index (χ2v) is 8.01. The normalized spacial score (nSPS) is 16.4. The summed E-state index contributed by atoms with van der Waals surface area (Å²) in [5.41, 5.74) is 4.15. The summed E-state index contributed by atoms with van der Waals surface area (Å²) in [5, 5.41) is 5.38. The van der Waals surface area contributed by atoms with Gasteiger partial charge < -0.3 is 14.6 Å². The van der Waals surface area contributed by atoms with Gasteiger partial charge in [-0.25, -0.2) is 0 Å². The van der Waals surface area contributed by atoms with E-state index < -0.39 is 0 Å². The van der Waals surface area contributed by atoms with Gasteiger partial charge in [-0.2, -0.15) is 5.10 Å². The molecule has 1 aliphatic rings. The molecule has 0 spiro atoms. The molecule has 1 atom stereocenters. The van der Waals surface area contributed by atoms with Gasteiger partial charge in [0.05, 0.1) is 18.8 Å². The van der Waals surface area contributed by atoms with Crippen molar-refractivity contribution >= 4 is 16.9 Å². The lowest BCUT2D eigenvalue weighted by molar-refractivity contribution is -0.132. The number of benzene rings is 1. The van der Waals surface area contributed by atoms with E-state index in [-0.39, 0.29) is 17.5 Å². The molecule has 4 rings (SSSR count). The molecular weight excluding hydrogens is 380 g/mol. The zero-order valence-electron chi connectivity index (χ0n) is 18.0. The van der Waals surface area contributed by atoms with Crippen molar-refractivity contribution in [3.05, 3.63) is 57.0 Å². The minimum absolute atomic E-state index is 0.0648. The van der Waals surface area contributed by atoms with Gasteiger partial charge in [-0.15, -0.1) is 0 Å². The predicted octanol–water partition coefficient (Wildman–Crippen LogP) is 3.18. The quantitative estimate of drug-likeness (QED) is 0.703. The van der Waals surface area contributed by atoms with E-state index in [1.165, 1.54) is 0 Å². The van der Waals surface area contributed by atoms with Crippen LogP contribution in [0.25, 0.3) is 11.0 Å². The Kier molecular flexibility index (Phi) is 5.37. The van der Waals surface area contributed by atoms with Crippen LogP contribution in [0.15, 0.2) is 29.1 Å². The van der Waals surface area contributed by atoms with Gasteiger partial charge in [-0.05, 0) is 56.4 Å². The van der Waals surface area contributed by atoms with Crippen molar-refractivity contribution in [3.8, 4) is 5.75 Å². The summed E-state index contributed by atoms with van der Waals surface area (Å²) in [5.74, 6) is 0.885. The number of likely N-dealkylation sites (tertiary alicyclic amines) is 1. The number of ether oxygens (including phenoxy) is 1. The number of hydrogen-bond acceptors (Lipinski definition) is 4. The maximum Gasteiger partial charge on any atom is 0.253 e. The fourth-order valence-corrected chi connectivity index (χ4v) is 4.69. The average molecular weight is 409 g/mol. The fourth-order valence-electron chi connectivity index (χ4n) is 4.69. The second-order valence-electron chi connectivity index (χ2n) is 8.01. The van der Waals surface area contributed by atoms with Crippen LogP contribution in [0.3, 0.4) is 0 Å². The number of nitrogens with one attached hydrogen (secondary N) is 1. The van der Waals surface area contributed by atoms with Gasteiger partial charge >= 0.3 is 0 Å². The molecule has 2 aromatic heterocycles. The summed E-state index contributed by atoms with van der Waals surface area (Å²) in [6.45, 7) is 4.63. The first kappa shape index (κ1) is 20.2. The molecule has 0 bridgehead atoms. The molecule has 30 heavy (non-hydrogen) atoms. The number of pyridine rings is 1. The summed E-state index contributed by atoms with van der Waals surface area (Å²) in [4.78, 5) is 30.6. The zero-order valence-corrected chi connectivity index (χ0v) is 18.0. The molecule has 1 saturated heterocycles. The van der Waals surface area contributed by atoms with Gasteiger partial charge in [0, 0.05) is 31.0 Å². The van der Waals surface area contributed by atoms with Crippen LogP contribution in [0.5, 0.6) is 5.75 Å². The molecule has 158 valence electrons. The van der Waals surface area contributed by atoms with E-state index in [0.717, 1.165) is 53.0 Å². The van der Waals surface area contributed by atoms with Crippen LogP contribution >= 0.6 is 0 Å². The van der Waals surface area contributed by atoms with E-state index in [4.69, 9.17) is 4.74 Å². The number of hydrogen-bond donors (Lipinski definition) is 1. The van der Waals surface area contributed by atoms with Crippen LogP contribution in [0.4, 0.5) is 0 Å². The van der Waals surface area contributed by atoms with Crippen LogP contribution in [-0.2, 0) is 18.3 Å². The fraction of sp³-hybridized carbons (Fsp3) is 0.435. The molecule has 1 unspecified atom stereocenters. The van der Waals surface area contributed by atoms with E-state index in [9.17, 15) is 9.59 Å². The van der Waals surface area contributed by atoms with E-state index >= 15 is 0 Å². The second kappa shape index (κ2) is 7.97. The molecule has 3 heterocycles. The third-order valence-corrected chi connectivity index (χ3v) is 6.20. The number of methoxy groups -OCH3 is 1. The van der Waals surface area contributed by atoms with E-state index in [1.807, 2.05) is 50.1 Å². The molecule has 0 saturated carbocycles. The summed E-state index contributed by atoms with van der Waals surface area (Å²) in [6.07, 6.45) is 2.66. The van der Waals surface area contributed by atoms with Gasteiger partial charge in [0.25, 0.3) is 5.56 Å². The van der Waals surface area contributed by atoms with Gasteiger partial charge in [-0.3, -0.25) is 14.3 Å². The van der Waals surface area contributed by atoms with E-state index in [2.05, 4.69) is 10.1 Å². The van der Waals surface area contributed by atoms with Gasteiger partial charge in [0.1, 0.15) is 11.4 Å². The number of carbonyl (C=O) groups excluding carboxylic acids is 1. The zero-order chi connectivity index (χ0) is 21.4. The summed E-state index contributed by atoms with van der Waals surface area (Å²) < 4.78 is 7.03. The van der Waals surface area contributed by atoms with E-state index in [1.54, 1.807) is 11.8 Å². The molecule has 1 aliphatic heterocycles. The van der Waals surface area contributed by atoms with Crippen LogP contribution in [0.2, 0.25) is 0 Å². The summed E-state index contributed by atoms with van der Waals surface area (Å²) in [6, 6.07) is 7.99. The largest absolute Gasteiger partial charge is 0.497 e. The van der Waals surface area contributed by atoms with Crippen molar-refractivity contribution in [1.29, 1.82) is 0 Å². The summed E-state index contributed by atoms with van der Waals surface area (Å²) >= 11 is 0. The molecule has 7 heteroatoms. The minimum Gasteiger partial charge on any atom is -0.497 e. The van der Waals surface area contributed by atoms with Crippen molar-refractivity contribution in [3.63, 3.8) is 0 Å². The highest BCUT2D eigenvalue weighted by atomic mass is 16.5. The van der Waals surface area contributed by atoms with Gasteiger partial charge in [0.15, 0.2) is 0 Å². The molecule has 3 aromatic rings. The first-order valence-electron chi connectivity index (χ1n) is 10.4. The Morgan fingerprint density at radius 1 is 1.33 bits per heavy atom. The van der Waals surface area contributed by atoms with Crippen LogP contribution < -0.4 is 10.3 Å². The Balaban J connectivity index is 1.54. The summed E-state index contributed by atoms with van der Waals surface area (Å²) in [7, 11) is 3.47. The number of carbonyl (C=O) groups is 1. The number of fused-ring (bicyclic) bond motifs is 1. The molecule has 1 aromatic carbocycles. The van der Waals surface area contributed by atoms with Crippen LogP contribution in [-0.4, -0.2) is 39.2 Å². The minimum atomic E-state index is -0.137. The monoisotopic (exact) mass is 408 g/mol. The first-order valence-corrected chi connectivity index (χ1v) is 10.4. The third-order valence-electron chi connectivity index (χ3n) is 6.20. The molecule has 1 fully saturated rings. The molecular formula is C23H28N4O3. The number of amides is 1. The lowest BCUT2D eigenvalue weighted by Gasteiger charge is -2.25. The van der Waals surface area contributed by atoms with Crippen molar-refractivity contribution < 1.29 is 9.53 Å². The van der Waals surface area contributed by atoms with Gasteiger partial charge in [0.2, 0.25) is 5.91 Å². The third kappa shape index (κ3) is 3.49. The number of nitrogens with zero attached hydrogens (tertiary/aromatic N) is 3. The predicted molar refractivity (Wildman–Crippen MR) is 116 cm³/mol. The number of H-pyrrole nitrogens is 1. The number of aromatic amines is 1. The number of aryl methyl sites for hydroxylation is 3. The van der Waals surface area contributed by atoms with Crippen molar-refractivity contribution in [1.82, 2.24) is 19.7 Å². The molecule has 1 amide bonds. The SMILES string of the molecule is COc1cccc(C2CCCN2C(=O)CCc2c(C)c3c(C)nn(C)c3[nH]c2=O)c1. The molecule has 0 radical (unpaired) electrons. The highest BCUT2D eigenvalue weighted by molar-refractivity contribution is 5.83. The smallest absolute Gasteiger partial charge is 0.253 e. The Morgan fingerprint density at radius 2 is 2.13 bits per heavy atom. The van der Waals surface area contributed by atoms with Gasteiger partial charge in [-0.1, -0.05) is 12.1 Å². The standard InChI is InChI=1S/C23H28N4O3/c1-14-18(23(29)24-22-21(14)15(2)25-26(22)3)10-11-20(28)27-12-6-9-19(27)16-7-5-8-17(13-16)30-4/h5,7-8,13,19H,6,9-12H2,1-4H3,(H,24,29). The average Bonchev–Trinajstić information content (AvgIpc) is 3.32. The van der Waals surface area contributed by atoms with Crippen LogP contribution in [0.1, 0.15) is 47.7 Å². The Hall–Kier alpha value is -3.09. The van der Waals surface area contributed by atoms with Crippen molar-refractivity contribution in [2.75, 3.05) is 13.7 Å². The molecule has 7 nitrogen and oxygen atoms in total. The number of rotatable bonds is 5. The Bertz CT molecular complexity index is 1160. The maximum atomic E-state index is 13.1. The maximum absolute atomic E-state index is 13.1. The number of aromatic nitrogens is 3. The van der Waals surface area contributed by atoms with Crippen molar-refractivity contribution in [2.45, 2.75) is 45.6 Å².